The number of nitrogens with zero attached hydrogens (tertiary/aromatic N) is 1. The Balaban J connectivity index is 3.64. The zero-order valence-electron chi connectivity index (χ0n) is 8.05. The summed E-state index contributed by atoms with van der Waals surface area (Å²) in [7, 11) is 1.86. The van der Waals surface area contributed by atoms with Crippen molar-refractivity contribution in [3.63, 3.8) is 0 Å². The topological polar surface area (TPSA) is 20.3 Å². The lowest BCUT2D eigenvalue weighted by atomic mass is 10.2. The van der Waals surface area contributed by atoms with E-state index >= 15 is 0 Å². The number of hydrogen-bond donors (Lipinski definition) is 0. The lowest BCUT2D eigenvalue weighted by Crippen LogP contribution is -2.32. The van der Waals surface area contributed by atoms with Gasteiger partial charge in [0.15, 0.2) is 0 Å². The van der Waals surface area contributed by atoms with Crippen LogP contribution in [-0.4, -0.2) is 23.9 Å². The normalized spacial score (nSPS) is 10.3. The molecule has 11 heavy (non-hydrogen) atoms. The second-order valence-corrected chi connectivity index (χ2v) is 3.20. The molecule has 0 aromatic heterocycles. The number of unbranched alkanes of at least 4 members (excludes halogenated alkanes) is 1. The molecule has 0 bridgehead atoms. The molecular weight excluding hydrogens is 138 g/mol. The standard InChI is InChI=1S/C9H19NO/c1-5-6-7-9(11)10(4)8(2)3/h8H,5-7H2,1-4H3. The van der Waals surface area contributed by atoms with E-state index in [1.54, 1.807) is 4.90 Å². The minimum Gasteiger partial charge on any atom is -0.343 e. The van der Waals surface area contributed by atoms with Crippen LogP contribution in [0.25, 0.3) is 0 Å². The Morgan fingerprint density at radius 1 is 1.45 bits per heavy atom. The summed E-state index contributed by atoms with van der Waals surface area (Å²) in [4.78, 5) is 13.1. The van der Waals surface area contributed by atoms with Crippen LogP contribution in [0.15, 0.2) is 0 Å². The van der Waals surface area contributed by atoms with Crippen LogP contribution < -0.4 is 0 Å². The molecule has 0 atom stereocenters. The molecule has 1 amide bonds. The highest BCUT2D eigenvalue weighted by Crippen LogP contribution is 2.01. The molecule has 2 nitrogen and oxygen atoms in total. The molecule has 0 saturated carbocycles. The van der Waals surface area contributed by atoms with E-state index in [-0.39, 0.29) is 5.91 Å². The summed E-state index contributed by atoms with van der Waals surface area (Å²) in [6.45, 7) is 6.16. The molecule has 66 valence electrons. The smallest absolute Gasteiger partial charge is 0.222 e. The third-order valence-corrected chi connectivity index (χ3v) is 1.91. The molecule has 0 fully saturated rings. The molecule has 0 aromatic carbocycles. The van der Waals surface area contributed by atoms with Gasteiger partial charge in [-0.05, 0) is 20.3 Å². The molecule has 0 saturated heterocycles. The van der Waals surface area contributed by atoms with Gasteiger partial charge in [-0.1, -0.05) is 13.3 Å². The lowest BCUT2D eigenvalue weighted by Gasteiger charge is -2.21. The summed E-state index contributed by atoms with van der Waals surface area (Å²) in [5.74, 6) is 0.266. The van der Waals surface area contributed by atoms with Gasteiger partial charge < -0.3 is 4.90 Å². The van der Waals surface area contributed by atoms with Crippen LogP contribution in [0.1, 0.15) is 40.0 Å². The van der Waals surface area contributed by atoms with E-state index in [0.29, 0.717) is 12.5 Å². The molecule has 0 N–H and O–H groups in total. The molecule has 0 aliphatic rings. The first-order chi connectivity index (χ1) is 5.09. The van der Waals surface area contributed by atoms with E-state index in [9.17, 15) is 4.79 Å². The van der Waals surface area contributed by atoms with Gasteiger partial charge >= 0.3 is 0 Å². The lowest BCUT2D eigenvalue weighted by molar-refractivity contribution is -0.131. The zero-order chi connectivity index (χ0) is 8.85. The Morgan fingerprint density at radius 3 is 2.36 bits per heavy atom. The molecule has 0 aliphatic carbocycles. The molecular formula is C9H19NO. The van der Waals surface area contributed by atoms with Gasteiger partial charge in [0.25, 0.3) is 0 Å². The van der Waals surface area contributed by atoms with Crippen molar-refractivity contribution in [3.8, 4) is 0 Å². The van der Waals surface area contributed by atoms with Crippen LogP contribution in [0.2, 0.25) is 0 Å². The second-order valence-electron chi connectivity index (χ2n) is 3.20. The highest BCUT2D eigenvalue weighted by atomic mass is 16.2. The van der Waals surface area contributed by atoms with Crippen molar-refractivity contribution in [2.45, 2.75) is 46.1 Å². The Morgan fingerprint density at radius 2 is 2.00 bits per heavy atom. The zero-order valence-corrected chi connectivity index (χ0v) is 8.05. The van der Waals surface area contributed by atoms with Crippen molar-refractivity contribution in [1.29, 1.82) is 0 Å². The van der Waals surface area contributed by atoms with Crippen molar-refractivity contribution in [3.05, 3.63) is 0 Å². The van der Waals surface area contributed by atoms with Crippen LogP contribution in [0.4, 0.5) is 0 Å². The van der Waals surface area contributed by atoms with E-state index in [4.69, 9.17) is 0 Å². The molecule has 0 rings (SSSR count). The first-order valence-corrected chi connectivity index (χ1v) is 4.35. The number of rotatable bonds is 4. The maximum Gasteiger partial charge on any atom is 0.222 e. The molecule has 0 radical (unpaired) electrons. The summed E-state index contributed by atoms with van der Waals surface area (Å²) < 4.78 is 0. The van der Waals surface area contributed by atoms with E-state index < -0.39 is 0 Å². The van der Waals surface area contributed by atoms with Gasteiger partial charge in [0.2, 0.25) is 5.91 Å². The van der Waals surface area contributed by atoms with Gasteiger partial charge in [0.1, 0.15) is 0 Å². The molecule has 0 spiro atoms. The van der Waals surface area contributed by atoms with E-state index in [2.05, 4.69) is 6.92 Å². The quantitative estimate of drug-likeness (QED) is 0.611. The maximum atomic E-state index is 11.3. The van der Waals surface area contributed by atoms with Crippen molar-refractivity contribution in [2.75, 3.05) is 7.05 Å². The average molecular weight is 157 g/mol. The fourth-order valence-electron chi connectivity index (χ4n) is 0.792. The predicted molar refractivity (Wildman–Crippen MR) is 47.4 cm³/mol. The van der Waals surface area contributed by atoms with E-state index in [0.717, 1.165) is 12.8 Å². The fraction of sp³-hybridized carbons (Fsp3) is 0.889. The first kappa shape index (κ1) is 10.5. The van der Waals surface area contributed by atoms with Crippen LogP contribution in [0.3, 0.4) is 0 Å². The number of hydrogen-bond acceptors (Lipinski definition) is 1. The third-order valence-electron chi connectivity index (χ3n) is 1.91. The minimum atomic E-state index is 0.266. The largest absolute Gasteiger partial charge is 0.343 e. The van der Waals surface area contributed by atoms with Crippen molar-refractivity contribution in [1.82, 2.24) is 4.90 Å². The molecule has 0 aliphatic heterocycles. The average Bonchev–Trinajstić information content (AvgIpc) is 1.98. The highest BCUT2D eigenvalue weighted by Gasteiger charge is 2.09. The SMILES string of the molecule is CCCCC(=O)N(C)C(C)C. The maximum absolute atomic E-state index is 11.3. The third kappa shape index (κ3) is 4.02. The van der Waals surface area contributed by atoms with Gasteiger partial charge in [-0.25, -0.2) is 0 Å². The Labute approximate surface area is 69.6 Å². The van der Waals surface area contributed by atoms with Crippen LogP contribution in [0.5, 0.6) is 0 Å². The molecule has 0 unspecified atom stereocenters. The van der Waals surface area contributed by atoms with Crippen LogP contribution >= 0.6 is 0 Å². The van der Waals surface area contributed by atoms with Gasteiger partial charge in [-0.3, -0.25) is 4.79 Å². The molecule has 0 aromatic rings. The van der Waals surface area contributed by atoms with E-state index in [1.165, 1.54) is 0 Å². The second kappa shape index (κ2) is 5.16. The summed E-state index contributed by atoms with van der Waals surface area (Å²) in [5.41, 5.74) is 0. The van der Waals surface area contributed by atoms with Gasteiger partial charge in [0.05, 0.1) is 0 Å². The molecule has 0 heterocycles. The van der Waals surface area contributed by atoms with Gasteiger partial charge in [-0.15, -0.1) is 0 Å². The van der Waals surface area contributed by atoms with Crippen molar-refractivity contribution >= 4 is 5.91 Å². The number of carbonyl (C=O) groups excluding carboxylic acids is 1. The van der Waals surface area contributed by atoms with Crippen molar-refractivity contribution in [2.24, 2.45) is 0 Å². The van der Waals surface area contributed by atoms with E-state index in [1.807, 2.05) is 20.9 Å². The van der Waals surface area contributed by atoms with Gasteiger partial charge in [0, 0.05) is 19.5 Å². The summed E-state index contributed by atoms with van der Waals surface area (Å²) in [6, 6.07) is 0.333. The van der Waals surface area contributed by atoms with Crippen molar-refractivity contribution < 1.29 is 4.79 Å². The predicted octanol–water partition coefficient (Wildman–Crippen LogP) is 2.04. The molecule has 2 heteroatoms. The highest BCUT2D eigenvalue weighted by molar-refractivity contribution is 5.76. The summed E-state index contributed by atoms with van der Waals surface area (Å²) in [6.07, 6.45) is 2.80. The summed E-state index contributed by atoms with van der Waals surface area (Å²) in [5, 5.41) is 0. The van der Waals surface area contributed by atoms with Crippen LogP contribution in [0, 0.1) is 0 Å². The minimum absolute atomic E-state index is 0.266. The Bertz CT molecular complexity index is 121. The number of amides is 1. The fourth-order valence-corrected chi connectivity index (χ4v) is 0.792. The first-order valence-electron chi connectivity index (χ1n) is 4.35. The van der Waals surface area contributed by atoms with Gasteiger partial charge in [-0.2, -0.15) is 0 Å². The Kier molecular flexibility index (Phi) is 4.92. The number of carbonyl (C=O) groups is 1. The monoisotopic (exact) mass is 157 g/mol. The summed E-state index contributed by atoms with van der Waals surface area (Å²) >= 11 is 0. The Hall–Kier alpha value is -0.530. The van der Waals surface area contributed by atoms with Crippen LogP contribution in [-0.2, 0) is 4.79 Å².